The summed E-state index contributed by atoms with van der Waals surface area (Å²) >= 11 is 1.20. The third kappa shape index (κ3) is 5.17. The molecule has 176 valence electrons. The number of nitrogens with zero attached hydrogens (tertiary/aromatic N) is 1. The highest BCUT2D eigenvalue weighted by Crippen LogP contribution is 2.30. The van der Waals surface area contributed by atoms with Crippen LogP contribution in [0.5, 0.6) is 5.75 Å². The molecule has 0 spiro atoms. The van der Waals surface area contributed by atoms with E-state index in [1.807, 2.05) is 6.92 Å². The highest BCUT2D eigenvalue weighted by atomic mass is 32.1. The van der Waals surface area contributed by atoms with Crippen molar-refractivity contribution in [3.05, 3.63) is 82.0 Å². The van der Waals surface area contributed by atoms with E-state index < -0.39 is 11.7 Å². The van der Waals surface area contributed by atoms with Crippen LogP contribution in [0.4, 0.5) is 9.39 Å². The van der Waals surface area contributed by atoms with Gasteiger partial charge in [-0.2, -0.15) is 0 Å². The van der Waals surface area contributed by atoms with Crippen LogP contribution in [0.25, 0.3) is 0 Å². The molecule has 2 aromatic carbocycles. The molecule has 3 aromatic rings. The lowest BCUT2D eigenvalue weighted by atomic mass is 9.89. The maximum absolute atomic E-state index is 13.4. The lowest BCUT2D eigenvalue weighted by Crippen LogP contribution is -2.40. The van der Waals surface area contributed by atoms with Gasteiger partial charge in [-0.3, -0.25) is 14.4 Å². The first kappa shape index (κ1) is 23.6. The minimum atomic E-state index is -0.486. The Labute approximate surface area is 201 Å². The van der Waals surface area contributed by atoms with Crippen LogP contribution in [0.3, 0.4) is 0 Å². The minimum Gasteiger partial charge on any atom is -0.497 e. The molecular weight excluding hydrogens is 455 g/mol. The normalized spacial score (nSPS) is 14.0. The standard InChI is InChI=1S/C26H25FN2O4S/c1-16-14-22(28-25(31)19-4-3-5-20(27)15-19)34-24(16)26(32)29-12-10-18(11-13-29)23(30)17-6-8-21(33-2)9-7-17/h3-9,14-15,18H,10-13H2,1-2H3,(H,28,31). The van der Waals surface area contributed by atoms with Gasteiger partial charge in [0.05, 0.1) is 17.0 Å². The number of methoxy groups -OCH3 is 1. The highest BCUT2D eigenvalue weighted by Gasteiger charge is 2.30. The summed E-state index contributed by atoms with van der Waals surface area (Å²) in [6.07, 6.45) is 1.20. The summed E-state index contributed by atoms with van der Waals surface area (Å²) in [5.41, 5.74) is 1.63. The van der Waals surface area contributed by atoms with Crippen molar-refractivity contribution in [2.45, 2.75) is 19.8 Å². The molecule has 1 aliphatic heterocycles. The number of halogens is 1. The zero-order valence-corrected chi connectivity index (χ0v) is 19.8. The Morgan fingerprint density at radius 1 is 1.03 bits per heavy atom. The zero-order valence-electron chi connectivity index (χ0n) is 19.0. The van der Waals surface area contributed by atoms with Crippen LogP contribution in [0.15, 0.2) is 54.6 Å². The van der Waals surface area contributed by atoms with Crippen LogP contribution in [-0.4, -0.2) is 42.7 Å². The quantitative estimate of drug-likeness (QED) is 0.493. The van der Waals surface area contributed by atoms with E-state index in [4.69, 9.17) is 4.74 Å². The van der Waals surface area contributed by atoms with Crippen LogP contribution < -0.4 is 10.1 Å². The molecule has 0 saturated carbocycles. The molecule has 0 aliphatic carbocycles. The van der Waals surface area contributed by atoms with Gasteiger partial charge in [0, 0.05) is 30.1 Å². The van der Waals surface area contributed by atoms with Crippen LogP contribution in [0.1, 0.15) is 48.8 Å². The molecule has 0 radical (unpaired) electrons. The van der Waals surface area contributed by atoms with Crippen molar-refractivity contribution in [1.82, 2.24) is 4.90 Å². The predicted octanol–water partition coefficient (Wildman–Crippen LogP) is 5.19. The molecule has 4 rings (SSSR count). The van der Waals surface area contributed by atoms with Crippen LogP contribution >= 0.6 is 11.3 Å². The van der Waals surface area contributed by atoms with E-state index in [-0.39, 0.29) is 23.2 Å². The Balaban J connectivity index is 1.37. The van der Waals surface area contributed by atoms with Crippen molar-refractivity contribution >= 4 is 33.9 Å². The predicted molar refractivity (Wildman–Crippen MR) is 129 cm³/mol. The monoisotopic (exact) mass is 480 g/mol. The second kappa shape index (κ2) is 10.2. The van der Waals surface area contributed by atoms with E-state index in [2.05, 4.69) is 5.32 Å². The average Bonchev–Trinajstić information content (AvgIpc) is 3.23. The Bertz CT molecular complexity index is 1210. The molecule has 0 bridgehead atoms. The average molecular weight is 481 g/mol. The molecule has 1 aliphatic rings. The lowest BCUT2D eigenvalue weighted by Gasteiger charge is -2.31. The number of aryl methyl sites for hydroxylation is 1. The Kier molecular flexibility index (Phi) is 7.07. The number of piperidine rings is 1. The van der Waals surface area contributed by atoms with Gasteiger partial charge in [0.2, 0.25) is 0 Å². The molecule has 0 unspecified atom stereocenters. The van der Waals surface area contributed by atoms with Crippen LogP contribution in [0.2, 0.25) is 0 Å². The number of nitrogens with one attached hydrogen (secondary N) is 1. The van der Waals surface area contributed by atoms with Gasteiger partial charge < -0.3 is 15.0 Å². The van der Waals surface area contributed by atoms with Crippen LogP contribution in [0, 0.1) is 18.7 Å². The van der Waals surface area contributed by atoms with Crippen LogP contribution in [-0.2, 0) is 0 Å². The van der Waals surface area contributed by atoms with Gasteiger partial charge in [-0.1, -0.05) is 6.07 Å². The summed E-state index contributed by atoms with van der Waals surface area (Å²) < 4.78 is 18.5. The number of likely N-dealkylation sites (tertiary alicyclic amines) is 1. The molecule has 1 aromatic heterocycles. The van der Waals surface area contributed by atoms with Gasteiger partial charge in [0.1, 0.15) is 11.6 Å². The van der Waals surface area contributed by atoms with Gasteiger partial charge in [0.15, 0.2) is 5.78 Å². The number of anilines is 1. The summed E-state index contributed by atoms with van der Waals surface area (Å²) in [4.78, 5) is 40.7. The first-order valence-electron chi connectivity index (χ1n) is 11.0. The summed E-state index contributed by atoms with van der Waals surface area (Å²) in [6.45, 7) is 2.81. The van der Waals surface area contributed by atoms with Crippen molar-refractivity contribution in [1.29, 1.82) is 0 Å². The van der Waals surface area contributed by atoms with Gasteiger partial charge in [-0.05, 0) is 73.9 Å². The fraction of sp³-hybridized carbons (Fsp3) is 0.269. The van der Waals surface area contributed by atoms with Crippen molar-refractivity contribution in [2.24, 2.45) is 5.92 Å². The number of thiophene rings is 1. The Morgan fingerprint density at radius 3 is 2.38 bits per heavy atom. The van der Waals surface area contributed by atoms with E-state index in [0.29, 0.717) is 47.1 Å². The Morgan fingerprint density at radius 2 is 1.74 bits per heavy atom. The molecule has 1 saturated heterocycles. The molecule has 6 nitrogen and oxygen atoms in total. The summed E-state index contributed by atoms with van der Waals surface area (Å²) in [5.74, 6) is -0.358. The van der Waals surface area contributed by atoms with Crippen molar-refractivity contribution < 1.29 is 23.5 Å². The summed E-state index contributed by atoms with van der Waals surface area (Å²) in [6, 6.07) is 14.3. The number of hydrogen-bond donors (Lipinski definition) is 1. The molecular formula is C26H25FN2O4S. The first-order chi connectivity index (χ1) is 16.4. The van der Waals surface area contributed by atoms with Crippen molar-refractivity contribution in [3.8, 4) is 5.75 Å². The van der Waals surface area contributed by atoms with Crippen molar-refractivity contribution in [2.75, 3.05) is 25.5 Å². The summed E-state index contributed by atoms with van der Waals surface area (Å²) in [5, 5.41) is 3.27. The van der Waals surface area contributed by atoms with Gasteiger partial charge >= 0.3 is 0 Å². The number of benzene rings is 2. The first-order valence-corrected chi connectivity index (χ1v) is 11.8. The fourth-order valence-electron chi connectivity index (χ4n) is 4.05. The number of carbonyl (C=O) groups excluding carboxylic acids is 3. The maximum Gasteiger partial charge on any atom is 0.264 e. The smallest absolute Gasteiger partial charge is 0.264 e. The number of amides is 2. The van der Waals surface area contributed by atoms with E-state index >= 15 is 0 Å². The molecule has 0 atom stereocenters. The van der Waals surface area contributed by atoms with Crippen molar-refractivity contribution in [3.63, 3.8) is 0 Å². The third-order valence-electron chi connectivity index (χ3n) is 5.96. The van der Waals surface area contributed by atoms with Gasteiger partial charge in [-0.15, -0.1) is 11.3 Å². The summed E-state index contributed by atoms with van der Waals surface area (Å²) in [7, 11) is 1.58. The number of carbonyl (C=O) groups is 3. The number of hydrogen-bond acceptors (Lipinski definition) is 5. The molecule has 34 heavy (non-hydrogen) atoms. The lowest BCUT2D eigenvalue weighted by molar-refractivity contribution is 0.0653. The molecule has 1 N–H and O–H groups in total. The van der Waals surface area contributed by atoms with E-state index in [1.54, 1.807) is 42.3 Å². The number of Topliss-reactive ketones (excluding diaryl/α,β-unsaturated/α-hetero) is 1. The SMILES string of the molecule is COc1ccc(C(=O)C2CCN(C(=O)c3sc(NC(=O)c4cccc(F)c4)cc3C)CC2)cc1. The number of ether oxygens (including phenoxy) is 1. The third-order valence-corrected chi connectivity index (χ3v) is 7.10. The van der Waals surface area contributed by atoms with E-state index in [0.717, 1.165) is 5.56 Å². The maximum atomic E-state index is 13.4. The zero-order chi connectivity index (χ0) is 24.2. The second-order valence-electron chi connectivity index (χ2n) is 8.25. The van der Waals surface area contributed by atoms with E-state index in [1.165, 1.54) is 35.6 Å². The second-order valence-corrected chi connectivity index (χ2v) is 9.30. The molecule has 1 fully saturated rings. The highest BCUT2D eigenvalue weighted by molar-refractivity contribution is 7.18. The van der Waals surface area contributed by atoms with E-state index in [9.17, 15) is 18.8 Å². The largest absolute Gasteiger partial charge is 0.497 e. The Hall–Kier alpha value is -3.52. The molecule has 2 heterocycles. The van der Waals surface area contributed by atoms with Gasteiger partial charge in [0.25, 0.3) is 11.8 Å². The molecule has 2 amide bonds. The number of ketones is 1. The minimum absolute atomic E-state index is 0.0874. The van der Waals surface area contributed by atoms with Gasteiger partial charge in [-0.25, -0.2) is 4.39 Å². The fourth-order valence-corrected chi connectivity index (χ4v) is 5.08. The number of rotatable bonds is 6. The molecule has 8 heteroatoms. The topological polar surface area (TPSA) is 75.7 Å².